The Morgan fingerprint density at radius 1 is 0.933 bits per heavy atom. The number of amides is 1. The van der Waals surface area contributed by atoms with Crippen molar-refractivity contribution < 1.29 is 67.3 Å². The van der Waals surface area contributed by atoms with E-state index < -0.39 is 111 Å². The lowest BCUT2D eigenvalue weighted by atomic mass is 9.48. The maximum atomic E-state index is 15.6. The van der Waals surface area contributed by atoms with Crippen molar-refractivity contribution in [1.82, 2.24) is 5.32 Å². The van der Waals surface area contributed by atoms with Crippen molar-refractivity contribution in [2.75, 3.05) is 20.8 Å². The van der Waals surface area contributed by atoms with Gasteiger partial charge in [-0.05, 0) is 63.5 Å². The van der Waals surface area contributed by atoms with E-state index in [0.717, 1.165) is 0 Å². The molecule has 324 valence electrons. The number of rotatable bonds is 10. The van der Waals surface area contributed by atoms with E-state index in [-0.39, 0.29) is 24.2 Å². The molecule has 15 nitrogen and oxygen atoms in total. The van der Waals surface area contributed by atoms with Crippen LogP contribution < -0.4 is 5.32 Å². The Bertz CT molecular complexity index is 2100. The molecular formula is C45H55NO14. The number of methoxy groups -OCH3 is 2. The number of carbonyl (C=O) groups excluding carboxylic acids is 5. The first-order chi connectivity index (χ1) is 28.1. The molecule has 2 bridgehead atoms. The minimum Gasteiger partial charge on any atom is -0.455 e. The average Bonchev–Trinajstić information content (AvgIpc) is 3.72. The Morgan fingerprint density at radius 2 is 1.55 bits per heavy atom. The highest BCUT2D eigenvalue weighted by Gasteiger charge is 2.97. The maximum absolute atomic E-state index is 15.6. The number of aliphatic hydroxyl groups excluding tert-OH is 1. The second kappa shape index (κ2) is 14.8. The van der Waals surface area contributed by atoms with Crippen molar-refractivity contribution >= 4 is 29.8 Å². The van der Waals surface area contributed by atoms with Crippen LogP contribution in [0, 0.1) is 22.7 Å². The summed E-state index contributed by atoms with van der Waals surface area (Å²) < 4.78 is 43.0. The first-order valence-electron chi connectivity index (χ1n) is 20.1. The zero-order valence-corrected chi connectivity index (χ0v) is 35.6. The predicted molar refractivity (Wildman–Crippen MR) is 211 cm³/mol. The highest BCUT2D eigenvalue weighted by atomic mass is 16.6. The smallest absolute Gasteiger partial charge is 0.408 e. The van der Waals surface area contributed by atoms with E-state index in [1.54, 1.807) is 97.0 Å². The molecule has 60 heavy (non-hydrogen) atoms. The van der Waals surface area contributed by atoms with Crippen LogP contribution in [0.2, 0.25) is 0 Å². The van der Waals surface area contributed by atoms with Crippen LogP contribution in [0.5, 0.6) is 0 Å². The van der Waals surface area contributed by atoms with E-state index in [9.17, 15) is 29.4 Å². The first-order valence-corrected chi connectivity index (χ1v) is 20.1. The molecule has 1 saturated heterocycles. The summed E-state index contributed by atoms with van der Waals surface area (Å²) in [6.07, 6.45) is -7.50. The van der Waals surface area contributed by atoms with Crippen molar-refractivity contribution in [3.8, 4) is 0 Å². The number of hydrogen-bond donors (Lipinski definition) is 3. The van der Waals surface area contributed by atoms with Gasteiger partial charge in [0.2, 0.25) is 0 Å². The summed E-state index contributed by atoms with van der Waals surface area (Å²) in [6, 6.07) is 15.0. The van der Waals surface area contributed by atoms with Gasteiger partial charge in [-0.2, -0.15) is 0 Å². The van der Waals surface area contributed by atoms with Gasteiger partial charge in [-0.15, -0.1) is 0 Å². The van der Waals surface area contributed by atoms with Gasteiger partial charge in [0.15, 0.2) is 23.1 Å². The summed E-state index contributed by atoms with van der Waals surface area (Å²) in [6.45, 7) is 12.7. The average molecular weight is 834 g/mol. The van der Waals surface area contributed by atoms with Crippen molar-refractivity contribution in [2.24, 2.45) is 22.7 Å². The fourth-order valence-corrected chi connectivity index (χ4v) is 11.3. The van der Waals surface area contributed by atoms with Gasteiger partial charge in [0, 0.05) is 33.0 Å². The molecule has 1 amide bonds. The minimum absolute atomic E-state index is 0.0995. The quantitative estimate of drug-likeness (QED) is 0.175. The number of hydrogen-bond acceptors (Lipinski definition) is 14. The number of aliphatic hydroxyl groups is 2. The largest absolute Gasteiger partial charge is 0.455 e. The number of ether oxygens (including phenoxy) is 7. The van der Waals surface area contributed by atoms with Crippen molar-refractivity contribution in [3.63, 3.8) is 0 Å². The number of Topliss-reactive ketones (excluding diaryl/α,β-unsaturated/α-hetero) is 1. The van der Waals surface area contributed by atoms with E-state index in [1.165, 1.54) is 33.3 Å². The third-order valence-electron chi connectivity index (χ3n) is 13.7. The van der Waals surface area contributed by atoms with Gasteiger partial charge in [0.05, 0.1) is 41.6 Å². The molecule has 0 aromatic heterocycles. The molecular weight excluding hydrogens is 778 g/mol. The van der Waals surface area contributed by atoms with Crippen molar-refractivity contribution in [2.45, 2.75) is 121 Å². The van der Waals surface area contributed by atoms with Crippen LogP contribution in [0.15, 0.2) is 71.8 Å². The maximum Gasteiger partial charge on any atom is 0.408 e. The summed E-state index contributed by atoms with van der Waals surface area (Å²) in [7, 11) is 2.79. The monoisotopic (exact) mass is 833 g/mol. The van der Waals surface area contributed by atoms with E-state index in [4.69, 9.17) is 33.2 Å². The van der Waals surface area contributed by atoms with Crippen LogP contribution in [-0.2, 0) is 47.5 Å². The van der Waals surface area contributed by atoms with Gasteiger partial charge in [-0.1, -0.05) is 62.4 Å². The van der Waals surface area contributed by atoms with Gasteiger partial charge in [0.1, 0.15) is 29.5 Å². The van der Waals surface area contributed by atoms with Gasteiger partial charge in [-0.3, -0.25) is 9.59 Å². The zero-order valence-electron chi connectivity index (χ0n) is 35.6. The molecule has 0 radical (unpaired) electrons. The van der Waals surface area contributed by atoms with Gasteiger partial charge < -0.3 is 48.7 Å². The molecule has 1 unspecified atom stereocenters. The molecule has 7 rings (SSSR count). The normalized spacial score (nSPS) is 35.8. The van der Waals surface area contributed by atoms with Crippen LogP contribution in [0.4, 0.5) is 4.79 Å². The first kappa shape index (κ1) is 43.4. The molecule has 0 spiro atoms. The summed E-state index contributed by atoms with van der Waals surface area (Å²) in [5, 5.41) is 28.2. The standard InChI is InChI=1S/C45H55NO14/c1-23-29-33(55-10)35(49)42(8)27(54-9)21-28-43(22-56-28,58-24(2)47)38(42)44(59-36(50)26-19-15-12-16-20-26)34(45(44,53)41(29,6)7)32(23)57-37(51)31(48)30(25-17-13-11-14-18-25)46-39(52)60-40(3,4)5/h11-20,27-28,30-34,38,48,53H,21-22H2,1-10H3,(H,46,52)/t27-,28+,30-,31+,32+,33+,34?,38-,42-,43-,44-,45-/m0/s1. The van der Waals surface area contributed by atoms with Crippen molar-refractivity contribution in [3.05, 3.63) is 82.9 Å². The summed E-state index contributed by atoms with van der Waals surface area (Å²) in [5.74, 6) is -5.99. The number of carbonyl (C=O) groups is 5. The van der Waals surface area contributed by atoms with Crippen LogP contribution in [0.1, 0.15) is 83.8 Å². The molecule has 15 heteroatoms. The molecule has 1 heterocycles. The number of esters is 3. The molecule has 2 aromatic rings. The van der Waals surface area contributed by atoms with E-state index in [0.29, 0.717) is 11.1 Å². The number of fused-ring (bicyclic) bond motifs is 6. The Kier molecular flexibility index (Phi) is 10.7. The van der Waals surface area contributed by atoms with Crippen LogP contribution in [0.25, 0.3) is 0 Å². The molecule has 4 aliphatic carbocycles. The van der Waals surface area contributed by atoms with Gasteiger partial charge in [0.25, 0.3) is 0 Å². The lowest BCUT2D eigenvalue weighted by molar-refractivity contribution is -0.341. The number of ketones is 1. The topological polar surface area (TPSA) is 202 Å². The van der Waals surface area contributed by atoms with Crippen LogP contribution in [-0.4, -0.2) is 114 Å². The molecule has 3 N–H and O–H groups in total. The Labute approximate surface area is 349 Å². The number of benzene rings is 2. The fraction of sp³-hybridized carbons (Fsp3) is 0.578. The lowest BCUT2D eigenvalue weighted by Crippen LogP contribution is -2.80. The van der Waals surface area contributed by atoms with E-state index in [1.807, 2.05) is 0 Å². The number of alkyl carbamates (subject to hydrolysis) is 1. The van der Waals surface area contributed by atoms with Crippen molar-refractivity contribution in [1.29, 1.82) is 0 Å². The second-order valence-corrected chi connectivity index (χ2v) is 18.4. The van der Waals surface area contributed by atoms with E-state index >= 15 is 4.79 Å². The fourth-order valence-electron chi connectivity index (χ4n) is 11.3. The minimum atomic E-state index is -2.16. The van der Waals surface area contributed by atoms with Crippen LogP contribution in [0.3, 0.4) is 0 Å². The Balaban J connectivity index is 1.44. The molecule has 1 aliphatic heterocycles. The Hall–Kier alpha value is -4.67. The third kappa shape index (κ3) is 6.13. The van der Waals surface area contributed by atoms with Gasteiger partial charge >= 0.3 is 24.0 Å². The number of nitrogens with one attached hydrogen (secondary N) is 1. The van der Waals surface area contributed by atoms with Gasteiger partial charge in [-0.25, -0.2) is 14.4 Å². The molecule has 4 fully saturated rings. The molecule has 2 aromatic carbocycles. The lowest BCUT2D eigenvalue weighted by Gasteiger charge is -2.65. The highest BCUT2D eigenvalue weighted by Crippen LogP contribution is 2.81. The van der Waals surface area contributed by atoms with Crippen LogP contribution >= 0.6 is 0 Å². The Morgan fingerprint density at radius 3 is 2.08 bits per heavy atom. The predicted octanol–water partition coefficient (Wildman–Crippen LogP) is 4.18. The molecule has 12 atom stereocenters. The molecule has 3 saturated carbocycles. The highest BCUT2D eigenvalue weighted by molar-refractivity contribution is 5.96. The molecule has 5 aliphatic rings. The zero-order chi connectivity index (χ0) is 44.0. The SMILES string of the molecule is CO[C@H]1C(=O)[C@]2(C)[C@@H](OC)C[C@H]3OC[C@@]3(OC(C)=O)[C@H]2[C@@]2(OC(=O)c3ccccc3)C3[C@H](OC(=O)[C@H](O)[C@@H](NC(=O)OC(C)(C)C)c4ccccc4)C(C)=C1C(C)(C)[C@@]32O. The summed E-state index contributed by atoms with van der Waals surface area (Å²) in [5.41, 5.74) is -8.98. The third-order valence-corrected chi connectivity index (χ3v) is 13.7. The summed E-state index contributed by atoms with van der Waals surface area (Å²) >= 11 is 0. The van der Waals surface area contributed by atoms with E-state index in [2.05, 4.69) is 5.32 Å². The summed E-state index contributed by atoms with van der Waals surface area (Å²) in [4.78, 5) is 71.0. The second-order valence-electron chi connectivity index (χ2n) is 18.4.